The fourth-order valence-corrected chi connectivity index (χ4v) is 3.79. The molecule has 1 aromatic heterocycles. The van der Waals surface area contributed by atoms with E-state index in [1.54, 1.807) is 17.0 Å². The predicted molar refractivity (Wildman–Crippen MR) is 145 cm³/mol. The molecule has 0 unspecified atom stereocenters. The molecule has 0 saturated carbocycles. The molecule has 0 amide bonds. The van der Waals surface area contributed by atoms with Crippen LogP contribution in [0.25, 0.3) is 11.1 Å². The fraction of sp³-hybridized carbons (Fsp3) is 0.194. The number of carbonyl (C=O) groups is 1. The summed E-state index contributed by atoms with van der Waals surface area (Å²) >= 11 is 0. The van der Waals surface area contributed by atoms with E-state index in [1.807, 2.05) is 85.8 Å². The van der Waals surface area contributed by atoms with Crippen LogP contribution >= 0.6 is 0 Å². The molecule has 0 aliphatic rings. The van der Waals surface area contributed by atoms with Crippen LogP contribution in [-0.4, -0.2) is 12.0 Å². The first-order valence-electron chi connectivity index (χ1n) is 12.6. The summed E-state index contributed by atoms with van der Waals surface area (Å²) in [6, 6.07) is 28.9. The first kappa shape index (κ1) is 26.4. The van der Waals surface area contributed by atoms with E-state index < -0.39 is 6.02 Å². The number of anilines is 1. The molecule has 0 bridgehead atoms. The molecular weight excluding hydrogens is 478 g/mol. The molecule has 3 aromatic carbocycles. The summed E-state index contributed by atoms with van der Waals surface area (Å²) in [4.78, 5) is 15.7. The van der Waals surface area contributed by atoms with Gasteiger partial charge in [-0.05, 0) is 41.8 Å². The van der Waals surface area contributed by atoms with E-state index in [0.29, 0.717) is 18.7 Å². The number of esters is 1. The Bertz CT molecular complexity index is 1360. The first-order valence-corrected chi connectivity index (χ1v) is 12.6. The van der Waals surface area contributed by atoms with Crippen LogP contribution < -0.4 is 19.7 Å². The third-order valence-electron chi connectivity index (χ3n) is 5.72. The lowest BCUT2D eigenvalue weighted by Gasteiger charge is -2.15. The molecule has 194 valence electrons. The molecule has 4 rings (SSSR count). The molecule has 0 fully saturated rings. The van der Waals surface area contributed by atoms with Crippen LogP contribution in [0.1, 0.15) is 30.9 Å². The Hall–Kier alpha value is -4.65. The third-order valence-corrected chi connectivity index (χ3v) is 5.72. The van der Waals surface area contributed by atoms with Gasteiger partial charge in [-0.2, -0.15) is 4.57 Å². The number of para-hydroxylation sites is 1. The molecule has 0 saturated heterocycles. The van der Waals surface area contributed by atoms with Gasteiger partial charge in [-0.1, -0.05) is 67.6 Å². The maximum atomic E-state index is 12.3. The molecule has 38 heavy (non-hydrogen) atoms. The Balaban J connectivity index is 1.29. The summed E-state index contributed by atoms with van der Waals surface area (Å²) < 4.78 is 13.1. The number of aromatic nitrogens is 1. The van der Waals surface area contributed by atoms with Gasteiger partial charge in [0.1, 0.15) is 12.4 Å². The van der Waals surface area contributed by atoms with Gasteiger partial charge < -0.3 is 19.9 Å². The predicted octanol–water partition coefficient (Wildman–Crippen LogP) is 4.85. The third kappa shape index (κ3) is 7.93. The molecular formula is C31H31N3O4. The lowest BCUT2D eigenvalue weighted by Crippen LogP contribution is -2.35. The van der Waals surface area contributed by atoms with Gasteiger partial charge in [0.2, 0.25) is 0 Å². The normalized spacial score (nSPS) is 11.1. The van der Waals surface area contributed by atoms with Crippen LogP contribution in [0, 0.1) is 0 Å². The molecule has 0 radical (unpaired) electrons. The molecule has 1 heterocycles. The van der Waals surface area contributed by atoms with E-state index >= 15 is 0 Å². The maximum Gasteiger partial charge on any atom is 0.310 e. The van der Waals surface area contributed by atoms with Crippen LogP contribution in [0.2, 0.25) is 0 Å². The summed E-state index contributed by atoms with van der Waals surface area (Å²) in [7, 11) is 0. The van der Waals surface area contributed by atoms with Gasteiger partial charge in [-0.15, -0.1) is 0 Å². The lowest BCUT2D eigenvalue weighted by molar-refractivity contribution is -0.728. The molecule has 4 aromatic rings. The van der Waals surface area contributed by atoms with Crippen molar-refractivity contribution in [1.29, 1.82) is 0 Å². The smallest absolute Gasteiger partial charge is 0.310 e. The van der Waals surface area contributed by atoms with E-state index in [0.717, 1.165) is 34.4 Å². The Morgan fingerprint density at radius 3 is 2.47 bits per heavy atom. The van der Waals surface area contributed by atoms with E-state index in [4.69, 9.17) is 9.47 Å². The number of carbonyl (C=O) groups excluding carboxylic acids is 1. The molecule has 7 heteroatoms. The van der Waals surface area contributed by atoms with Crippen LogP contribution in [0.15, 0.2) is 108 Å². The number of rotatable bonds is 11. The zero-order valence-corrected chi connectivity index (χ0v) is 21.4. The van der Waals surface area contributed by atoms with Crippen LogP contribution in [-0.2, 0) is 29.4 Å². The number of nitrogens with zero attached hydrogens (tertiary/aromatic N) is 2. The highest BCUT2D eigenvalue weighted by molar-refractivity contribution is 5.85. The number of hydrogen-bond acceptors (Lipinski definition) is 5. The minimum absolute atomic E-state index is 0.132. The van der Waals surface area contributed by atoms with Crippen molar-refractivity contribution in [1.82, 2.24) is 0 Å². The second-order valence-corrected chi connectivity index (χ2v) is 8.72. The van der Waals surface area contributed by atoms with Crippen molar-refractivity contribution < 1.29 is 23.9 Å². The topological polar surface area (TPSA) is 86.9 Å². The summed E-state index contributed by atoms with van der Waals surface area (Å²) in [6.07, 6.45) is 4.75. The van der Waals surface area contributed by atoms with Crippen molar-refractivity contribution in [3.63, 3.8) is 0 Å². The highest BCUT2D eigenvalue weighted by Gasteiger charge is 2.08. The van der Waals surface area contributed by atoms with E-state index in [9.17, 15) is 9.90 Å². The quantitative estimate of drug-likeness (QED) is 0.135. The summed E-state index contributed by atoms with van der Waals surface area (Å²) in [6.45, 7) is 2.68. The van der Waals surface area contributed by atoms with Crippen molar-refractivity contribution >= 4 is 17.7 Å². The van der Waals surface area contributed by atoms with E-state index in [1.165, 1.54) is 0 Å². The Labute approximate surface area is 223 Å². The molecule has 0 atom stereocenters. The molecule has 0 aliphatic heterocycles. The van der Waals surface area contributed by atoms with Gasteiger partial charge in [0, 0.05) is 29.3 Å². The van der Waals surface area contributed by atoms with Crippen molar-refractivity contribution in [2.24, 2.45) is 4.99 Å². The van der Waals surface area contributed by atoms with Crippen LogP contribution in [0.5, 0.6) is 5.75 Å². The van der Waals surface area contributed by atoms with Gasteiger partial charge >= 0.3 is 5.97 Å². The second-order valence-electron chi connectivity index (χ2n) is 8.72. The number of pyridine rings is 1. The highest BCUT2D eigenvalue weighted by atomic mass is 16.5. The molecule has 0 aliphatic carbocycles. The molecule has 0 spiro atoms. The average molecular weight is 510 g/mol. The van der Waals surface area contributed by atoms with Crippen molar-refractivity contribution in [3.05, 3.63) is 115 Å². The lowest BCUT2D eigenvalue weighted by atomic mass is 10.0. The highest BCUT2D eigenvalue weighted by Crippen LogP contribution is 2.30. The molecule has 1 N–H and O–H groups in total. The SMILES string of the molecule is CCCC(=O)OC[n+]1cccc(CN=C([O-])Nc2ccc(COc3ccccc3-c3ccccc3)cc2)c1. The summed E-state index contributed by atoms with van der Waals surface area (Å²) in [5, 5.41) is 15.1. The molecule has 7 nitrogen and oxygen atoms in total. The van der Waals surface area contributed by atoms with Crippen LogP contribution in [0.4, 0.5) is 5.69 Å². The van der Waals surface area contributed by atoms with E-state index in [-0.39, 0.29) is 19.2 Å². The number of benzene rings is 3. The first-order chi connectivity index (χ1) is 18.6. The summed E-state index contributed by atoms with van der Waals surface area (Å²) in [5.74, 6) is 0.584. The number of hydrogen-bond donors (Lipinski definition) is 1. The number of amidine groups is 1. The number of aliphatic imine (C=N–C) groups is 1. The van der Waals surface area contributed by atoms with Crippen molar-refractivity contribution in [2.75, 3.05) is 5.32 Å². The fourth-order valence-electron chi connectivity index (χ4n) is 3.79. The Morgan fingerprint density at radius 2 is 1.68 bits per heavy atom. The number of ether oxygens (including phenoxy) is 2. The monoisotopic (exact) mass is 509 g/mol. The van der Waals surface area contributed by atoms with Crippen molar-refractivity contribution in [3.8, 4) is 16.9 Å². The van der Waals surface area contributed by atoms with Gasteiger partial charge in [0.05, 0.1) is 12.6 Å². The second kappa shape index (κ2) is 13.6. The zero-order valence-electron chi connectivity index (χ0n) is 21.4. The zero-order chi connectivity index (χ0) is 26.6. The Kier molecular flexibility index (Phi) is 9.45. The maximum absolute atomic E-state index is 12.3. The largest absolute Gasteiger partial charge is 0.846 e. The van der Waals surface area contributed by atoms with Gasteiger partial charge in [-0.3, -0.25) is 9.79 Å². The number of nitrogens with one attached hydrogen (secondary N) is 1. The average Bonchev–Trinajstić information content (AvgIpc) is 2.96. The standard InChI is InChI=1S/C31H31N3O4/c1-2-9-30(35)38-23-34-19-8-10-25(21-34)20-32-31(36)33-27-17-15-24(16-18-27)22-37-29-14-7-6-13-28(29)26-11-4-3-5-12-26/h3-8,10-19,21H,2,9,20,22-23H2,1H3,(H-,32,33,36). The van der Waals surface area contributed by atoms with Crippen LogP contribution in [0.3, 0.4) is 0 Å². The van der Waals surface area contributed by atoms with Gasteiger partial charge in [-0.25, -0.2) is 0 Å². The van der Waals surface area contributed by atoms with Gasteiger partial charge in [0.25, 0.3) is 6.73 Å². The summed E-state index contributed by atoms with van der Waals surface area (Å²) in [5.41, 5.74) is 4.61. The Morgan fingerprint density at radius 1 is 0.921 bits per heavy atom. The van der Waals surface area contributed by atoms with E-state index in [2.05, 4.69) is 22.4 Å². The van der Waals surface area contributed by atoms with Gasteiger partial charge in [0.15, 0.2) is 12.4 Å². The van der Waals surface area contributed by atoms with Crippen molar-refractivity contribution in [2.45, 2.75) is 39.6 Å². The minimum Gasteiger partial charge on any atom is -0.846 e. The minimum atomic E-state index is -0.435.